The van der Waals surface area contributed by atoms with Crippen LogP contribution in [-0.2, 0) is 0 Å². The molecule has 2 heteroatoms. The Bertz CT molecular complexity index is 173. The van der Waals surface area contributed by atoms with Gasteiger partial charge in [0.1, 0.15) is 0 Å². The maximum absolute atomic E-state index is 2.63. The average Bonchev–Trinajstić information content (AvgIpc) is 2.31. The molecule has 0 saturated heterocycles. The summed E-state index contributed by atoms with van der Waals surface area (Å²) in [6, 6.07) is 0. The lowest BCUT2D eigenvalue weighted by Gasteiger charge is -2.38. The van der Waals surface area contributed by atoms with Crippen molar-refractivity contribution in [3.63, 3.8) is 0 Å². The van der Waals surface area contributed by atoms with E-state index in [2.05, 4.69) is 13.1 Å². The van der Waals surface area contributed by atoms with E-state index in [9.17, 15) is 0 Å². The average molecular weight is 253 g/mol. The molecule has 0 N–H and O–H groups in total. The SMILES string of the molecule is C[Si](C)[Si](C1CCCCC1)C1CCCCC1. The van der Waals surface area contributed by atoms with Gasteiger partial charge in [0, 0.05) is 16.6 Å². The number of rotatable bonds is 3. The Kier molecular flexibility index (Phi) is 5.14. The summed E-state index contributed by atoms with van der Waals surface area (Å²) in [7, 11) is 0.0700. The second-order valence-electron chi connectivity index (χ2n) is 6.13. The van der Waals surface area contributed by atoms with E-state index in [4.69, 9.17) is 0 Å². The van der Waals surface area contributed by atoms with Crippen molar-refractivity contribution in [1.82, 2.24) is 0 Å². The molecule has 2 fully saturated rings. The van der Waals surface area contributed by atoms with Crippen LogP contribution in [0.15, 0.2) is 0 Å². The van der Waals surface area contributed by atoms with Crippen molar-refractivity contribution in [3.05, 3.63) is 0 Å². The van der Waals surface area contributed by atoms with Crippen LogP contribution in [0.5, 0.6) is 0 Å². The summed E-state index contributed by atoms with van der Waals surface area (Å²) in [4.78, 5) is 0. The Morgan fingerprint density at radius 1 is 0.625 bits per heavy atom. The van der Waals surface area contributed by atoms with Crippen molar-refractivity contribution in [2.45, 2.75) is 88.4 Å². The van der Waals surface area contributed by atoms with Crippen molar-refractivity contribution >= 4 is 16.6 Å². The molecule has 0 bridgehead atoms. The van der Waals surface area contributed by atoms with Gasteiger partial charge in [-0.25, -0.2) is 0 Å². The van der Waals surface area contributed by atoms with Gasteiger partial charge in [-0.1, -0.05) is 77.3 Å². The van der Waals surface area contributed by atoms with Crippen molar-refractivity contribution in [1.29, 1.82) is 0 Å². The van der Waals surface area contributed by atoms with E-state index >= 15 is 0 Å². The Morgan fingerprint density at radius 3 is 1.31 bits per heavy atom. The first kappa shape index (κ1) is 12.9. The van der Waals surface area contributed by atoms with Gasteiger partial charge in [-0.05, 0) is 11.1 Å². The van der Waals surface area contributed by atoms with Crippen molar-refractivity contribution in [2.75, 3.05) is 0 Å². The van der Waals surface area contributed by atoms with Crippen molar-refractivity contribution in [2.24, 2.45) is 0 Å². The van der Waals surface area contributed by atoms with Gasteiger partial charge < -0.3 is 0 Å². The molecule has 2 rings (SSSR count). The predicted octanol–water partition coefficient (Wildman–Crippen LogP) is 4.98. The first-order valence-corrected chi connectivity index (χ1v) is 12.6. The van der Waals surface area contributed by atoms with Crippen LogP contribution in [0.2, 0.25) is 24.2 Å². The molecule has 2 radical (unpaired) electrons. The normalized spacial score (nSPS) is 25.5. The molecule has 0 atom stereocenters. The van der Waals surface area contributed by atoms with Gasteiger partial charge in [0.25, 0.3) is 0 Å². The highest BCUT2D eigenvalue weighted by molar-refractivity contribution is 7.22. The lowest BCUT2D eigenvalue weighted by molar-refractivity contribution is 0.466. The molecule has 0 aromatic rings. The summed E-state index contributed by atoms with van der Waals surface area (Å²) in [6.07, 6.45) is 15.7. The van der Waals surface area contributed by atoms with Crippen LogP contribution >= 0.6 is 0 Å². The molecule has 0 aliphatic heterocycles. The second-order valence-corrected chi connectivity index (χ2v) is 15.4. The van der Waals surface area contributed by atoms with Crippen LogP contribution < -0.4 is 0 Å². The minimum Gasteiger partial charge on any atom is -0.0735 e. The van der Waals surface area contributed by atoms with Crippen LogP contribution in [0.25, 0.3) is 0 Å². The number of hydrogen-bond acceptors (Lipinski definition) is 0. The van der Waals surface area contributed by atoms with E-state index < -0.39 is 0 Å². The van der Waals surface area contributed by atoms with Crippen molar-refractivity contribution < 1.29 is 0 Å². The fourth-order valence-electron chi connectivity index (χ4n) is 3.98. The summed E-state index contributed by atoms with van der Waals surface area (Å²) in [5, 5.41) is 0. The van der Waals surface area contributed by atoms with Gasteiger partial charge in [0.2, 0.25) is 0 Å². The van der Waals surface area contributed by atoms with Crippen LogP contribution in [0, 0.1) is 0 Å². The highest BCUT2D eigenvalue weighted by Crippen LogP contribution is 2.42. The Hall–Kier alpha value is 0.434. The molecular formula is C14H28Si2. The molecule has 0 unspecified atom stereocenters. The standard InChI is InChI=1S/C14H28Si2/c1-15(2)16(13-9-5-3-6-10-13)14-11-7-4-8-12-14/h13-14H,3-12H2,1-2H3. The highest BCUT2D eigenvalue weighted by atomic mass is 29.2. The quantitative estimate of drug-likeness (QED) is 0.621. The zero-order valence-corrected chi connectivity index (χ0v) is 13.2. The van der Waals surface area contributed by atoms with Crippen molar-refractivity contribution in [3.8, 4) is 0 Å². The third-order valence-electron chi connectivity index (χ3n) is 4.67. The molecule has 0 spiro atoms. The first-order valence-electron chi connectivity index (χ1n) is 7.46. The van der Waals surface area contributed by atoms with Gasteiger partial charge in [0.15, 0.2) is 0 Å². The van der Waals surface area contributed by atoms with Crippen LogP contribution in [-0.4, -0.2) is 16.6 Å². The maximum atomic E-state index is 2.63. The summed E-state index contributed by atoms with van der Waals surface area (Å²) in [6.45, 7) is 5.25. The third-order valence-corrected chi connectivity index (χ3v) is 14.6. The minimum atomic E-state index is 0.0311. The smallest absolute Gasteiger partial charge is 0.0437 e. The van der Waals surface area contributed by atoms with E-state index in [1.54, 1.807) is 51.4 Å². The van der Waals surface area contributed by atoms with Gasteiger partial charge in [-0.3, -0.25) is 0 Å². The molecule has 92 valence electrons. The van der Waals surface area contributed by atoms with E-state index in [1.165, 1.54) is 23.9 Å². The van der Waals surface area contributed by atoms with Gasteiger partial charge >= 0.3 is 0 Å². The summed E-state index contributed by atoms with van der Waals surface area (Å²) in [5.41, 5.74) is 2.46. The molecular weight excluding hydrogens is 224 g/mol. The predicted molar refractivity (Wildman–Crippen MR) is 76.9 cm³/mol. The first-order chi connectivity index (χ1) is 7.79. The topological polar surface area (TPSA) is 0 Å². The minimum absolute atomic E-state index is 0.0311. The zero-order chi connectivity index (χ0) is 11.4. The highest BCUT2D eigenvalue weighted by Gasteiger charge is 2.35. The monoisotopic (exact) mass is 252 g/mol. The van der Waals surface area contributed by atoms with Gasteiger partial charge in [-0.2, -0.15) is 0 Å². The fraction of sp³-hybridized carbons (Fsp3) is 1.00. The van der Waals surface area contributed by atoms with E-state index in [0.717, 1.165) is 0 Å². The third kappa shape index (κ3) is 3.22. The molecule has 0 nitrogen and oxygen atoms in total. The van der Waals surface area contributed by atoms with Crippen LogP contribution in [0.1, 0.15) is 64.2 Å². The maximum Gasteiger partial charge on any atom is 0.0437 e. The molecule has 0 heterocycles. The summed E-state index contributed by atoms with van der Waals surface area (Å²) in [5.74, 6) is 0. The Morgan fingerprint density at radius 2 is 1.00 bits per heavy atom. The molecule has 0 amide bonds. The van der Waals surface area contributed by atoms with Gasteiger partial charge in [-0.15, -0.1) is 0 Å². The molecule has 16 heavy (non-hydrogen) atoms. The second kappa shape index (κ2) is 6.39. The van der Waals surface area contributed by atoms with E-state index in [1.807, 2.05) is 0 Å². The largest absolute Gasteiger partial charge is 0.0735 e. The van der Waals surface area contributed by atoms with E-state index in [0.29, 0.717) is 0 Å². The van der Waals surface area contributed by atoms with Gasteiger partial charge in [0.05, 0.1) is 0 Å². The zero-order valence-electron chi connectivity index (χ0n) is 11.2. The van der Waals surface area contributed by atoms with Crippen LogP contribution in [0.4, 0.5) is 0 Å². The molecule has 2 aliphatic carbocycles. The number of hydrogen-bond donors (Lipinski definition) is 0. The molecule has 2 saturated carbocycles. The van der Waals surface area contributed by atoms with E-state index in [-0.39, 0.29) is 16.6 Å². The molecule has 2 aliphatic rings. The Labute approximate surface area is 105 Å². The molecule has 0 aromatic carbocycles. The Balaban J connectivity index is 1.96. The lowest BCUT2D eigenvalue weighted by Crippen LogP contribution is -2.41. The summed E-state index contributed by atoms with van der Waals surface area (Å²) >= 11 is 0. The van der Waals surface area contributed by atoms with Crippen LogP contribution in [0.3, 0.4) is 0 Å². The fourth-order valence-corrected chi connectivity index (χ4v) is 15.0. The lowest BCUT2D eigenvalue weighted by atomic mass is 9.99. The molecule has 0 aromatic heterocycles. The summed E-state index contributed by atoms with van der Waals surface area (Å²) < 4.78 is 0.